The molecule has 1 spiro atoms. The average Bonchev–Trinajstić information content (AvgIpc) is 2.41. The molecule has 0 amide bonds. The van der Waals surface area contributed by atoms with Crippen LogP contribution in [0.15, 0.2) is 28.2 Å². The third kappa shape index (κ3) is 2.46. The van der Waals surface area contributed by atoms with Crippen LogP contribution in [0.25, 0.3) is 0 Å². The molecule has 0 saturated heterocycles. The highest BCUT2D eigenvalue weighted by Crippen LogP contribution is 2.40. The fourth-order valence-corrected chi connectivity index (χ4v) is 3.57. The first-order chi connectivity index (χ1) is 10.0. The molecule has 1 aromatic carbocycles. The van der Waals surface area contributed by atoms with Crippen LogP contribution >= 0.6 is 11.6 Å². The first-order valence-corrected chi connectivity index (χ1v) is 7.65. The molecule has 2 aliphatic rings. The summed E-state index contributed by atoms with van der Waals surface area (Å²) in [5.74, 6) is 0.687. The van der Waals surface area contributed by atoms with E-state index in [-0.39, 0.29) is 5.96 Å². The zero-order valence-corrected chi connectivity index (χ0v) is 12.9. The molecule has 1 saturated carbocycles. The Hall–Kier alpha value is -1.75. The van der Waals surface area contributed by atoms with E-state index in [0.717, 1.165) is 36.9 Å². The second-order valence-electron chi connectivity index (χ2n) is 5.75. The fraction of sp³-hybridized carbons (Fsp3) is 0.467. The van der Waals surface area contributed by atoms with Crippen molar-refractivity contribution in [3.63, 3.8) is 0 Å². The molecule has 1 fully saturated rings. The third-order valence-corrected chi connectivity index (χ3v) is 4.49. The molecule has 1 aromatic rings. The Balaban J connectivity index is 2.10. The monoisotopic (exact) mass is 305 g/mol. The van der Waals surface area contributed by atoms with E-state index in [1.54, 1.807) is 0 Å². The highest BCUT2D eigenvalue weighted by atomic mass is 35.5. The van der Waals surface area contributed by atoms with E-state index in [0.29, 0.717) is 11.0 Å². The lowest BCUT2D eigenvalue weighted by molar-refractivity contribution is 0.305. The summed E-state index contributed by atoms with van der Waals surface area (Å²) in [6, 6.07) is 5.78. The fourth-order valence-electron chi connectivity index (χ4n) is 3.34. The van der Waals surface area contributed by atoms with Crippen molar-refractivity contribution in [2.24, 2.45) is 21.5 Å². The molecule has 5 nitrogen and oxygen atoms in total. The van der Waals surface area contributed by atoms with Gasteiger partial charge in [0, 0.05) is 10.7 Å². The van der Waals surface area contributed by atoms with E-state index >= 15 is 0 Å². The molecule has 0 unspecified atom stereocenters. The van der Waals surface area contributed by atoms with Crippen molar-refractivity contribution in [2.45, 2.75) is 44.7 Å². The largest absolute Gasteiger partial charge is 0.369 e. The Morgan fingerprint density at radius 2 is 1.90 bits per heavy atom. The van der Waals surface area contributed by atoms with Crippen molar-refractivity contribution in [2.75, 3.05) is 4.90 Å². The average molecular weight is 306 g/mol. The number of guanidine groups is 2. The van der Waals surface area contributed by atoms with Gasteiger partial charge in [-0.25, -0.2) is 4.99 Å². The van der Waals surface area contributed by atoms with Gasteiger partial charge in [0.1, 0.15) is 5.66 Å². The minimum atomic E-state index is -0.396. The first kappa shape index (κ1) is 14.2. The summed E-state index contributed by atoms with van der Waals surface area (Å²) >= 11 is 6.07. The van der Waals surface area contributed by atoms with Gasteiger partial charge >= 0.3 is 0 Å². The topological polar surface area (TPSA) is 80.0 Å². The van der Waals surface area contributed by atoms with Crippen LogP contribution in [0, 0.1) is 6.92 Å². The molecule has 0 radical (unpaired) electrons. The summed E-state index contributed by atoms with van der Waals surface area (Å²) in [5, 5.41) is 0.712. The van der Waals surface area contributed by atoms with Gasteiger partial charge in [-0.3, -0.25) is 4.90 Å². The molecule has 21 heavy (non-hydrogen) atoms. The number of rotatable bonds is 1. The number of hydrogen-bond acceptors (Lipinski definition) is 5. The van der Waals surface area contributed by atoms with Gasteiger partial charge in [-0.15, -0.1) is 0 Å². The van der Waals surface area contributed by atoms with Crippen LogP contribution < -0.4 is 16.4 Å². The minimum Gasteiger partial charge on any atom is -0.369 e. The summed E-state index contributed by atoms with van der Waals surface area (Å²) in [4.78, 5) is 10.9. The van der Waals surface area contributed by atoms with Crippen LogP contribution in [0.5, 0.6) is 0 Å². The number of aryl methyl sites for hydroxylation is 1. The van der Waals surface area contributed by atoms with Crippen molar-refractivity contribution in [3.8, 4) is 0 Å². The van der Waals surface area contributed by atoms with Crippen LogP contribution in [-0.2, 0) is 0 Å². The predicted octanol–water partition coefficient (Wildman–Crippen LogP) is 2.76. The quantitative estimate of drug-likeness (QED) is 0.837. The van der Waals surface area contributed by atoms with E-state index in [1.807, 2.05) is 30.0 Å². The minimum absolute atomic E-state index is 0.275. The maximum atomic E-state index is 6.20. The van der Waals surface area contributed by atoms with Gasteiger partial charge in [-0.05, 0) is 56.4 Å². The molecule has 4 N–H and O–H groups in total. The molecular weight excluding hydrogens is 286 g/mol. The second-order valence-corrected chi connectivity index (χ2v) is 6.19. The van der Waals surface area contributed by atoms with Crippen LogP contribution in [0.4, 0.5) is 5.69 Å². The Morgan fingerprint density at radius 3 is 2.57 bits per heavy atom. The van der Waals surface area contributed by atoms with Gasteiger partial charge in [0.25, 0.3) is 0 Å². The summed E-state index contributed by atoms with van der Waals surface area (Å²) in [6.07, 6.45) is 5.33. The molecule has 0 atom stereocenters. The number of nitrogens with zero attached hydrogens (tertiary/aromatic N) is 3. The number of halogens is 1. The molecule has 1 aliphatic carbocycles. The Morgan fingerprint density at radius 1 is 1.19 bits per heavy atom. The second kappa shape index (κ2) is 5.22. The van der Waals surface area contributed by atoms with Crippen LogP contribution in [-0.4, -0.2) is 17.6 Å². The smallest absolute Gasteiger partial charge is 0.220 e. The lowest BCUT2D eigenvalue weighted by atomic mass is 9.87. The standard InChI is InChI=1S/C15H20ClN5/c1-10-9-11(16)5-6-12(10)21-14(18)19-13(17)20-15(21)7-3-2-4-8-15/h5-6,9H,2-4,7-8H2,1H3,(H4,17,18,19,20). The molecule has 0 bridgehead atoms. The van der Waals surface area contributed by atoms with Crippen molar-refractivity contribution in [1.82, 2.24) is 0 Å². The number of aliphatic imine (C=N–C) groups is 2. The zero-order valence-electron chi connectivity index (χ0n) is 12.1. The van der Waals surface area contributed by atoms with E-state index in [4.69, 9.17) is 23.1 Å². The molecule has 1 aliphatic heterocycles. The van der Waals surface area contributed by atoms with Crippen molar-refractivity contribution in [3.05, 3.63) is 28.8 Å². The Kier molecular flexibility index (Phi) is 3.53. The third-order valence-electron chi connectivity index (χ3n) is 4.25. The Bertz CT molecular complexity index is 616. The zero-order chi connectivity index (χ0) is 15.0. The van der Waals surface area contributed by atoms with E-state index in [1.165, 1.54) is 6.42 Å². The maximum Gasteiger partial charge on any atom is 0.220 e. The lowest BCUT2D eigenvalue weighted by Crippen LogP contribution is -2.58. The van der Waals surface area contributed by atoms with Gasteiger partial charge in [-0.2, -0.15) is 4.99 Å². The van der Waals surface area contributed by atoms with Gasteiger partial charge in [0.05, 0.1) is 0 Å². The molecule has 1 heterocycles. The maximum absolute atomic E-state index is 6.20. The predicted molar refractivity (Wildman–Crippen MR) is 87.7 cm³/mol. The molecule has 6 heteroatoms. The number of nitrogens with two attached hydrogens (primary N) is 2. The van der Waals surface area contributed by atoms with Crippen LogP contribution in [0.1, 0.15) is 37.7 Å². The number of benzene rings is 1. The summed E-state index contributed by atoms with van der Waals surface area (Å²) in [7, 11) is 0. The first-order valence-electron chi connectivity index (χ1n) is 7.28. The van der Waals surface area contributed by atoms with E-state index < -0.39 is 5.66 Å². The van der Waals surface area contributed by atoms with Crippen molar-refractivity contribution >= 4 is 29.2 Å². The van der Waals surface area contributed by atoms with Crippen LogP contribution in [0.2, 0.25) is 5.02 Å². The number of hydrogen-bond donors (Lipinski definition) is 2. The van der Waals surface area contributed by atoms with E-state index in [9.17, 15) is 0 Å². The van der Waals surface area contributed by atoms with Crippen LogP contribution in [0.3, 0.4) is 0 Å². The number of anilines is 1. The Labute approximate surface area is 129 Å². The highest BCUT2D eigenvalue weighted by molar-refractivity contribution is 6.30. The summed E-state index contributed by atoms with van der Waals surface area (Å²) < 4.78 is 0. The highest BCUT2D eigenvalue weighted by Gasteiger charge is 2.42. The summed E-state index contributed by atoms with van der Waals surface area (Å²) in [6.45, 7) is 2.02. The molecule has 0 aromatic heterocycles. The molecular formula is C15H20ClN5. The van der Waals surface area contributed by atoms with Gasteiger partial charge in [0.15, 0.2) is 0 Å². The van der Waals surface area contributed by atoms with Gasteiger partial charge < -0.3 is 11.5 Å². The molecule has 112 valence electrons. The summed E-state index contributed by atoms with van der Waals surface area (Å²) in [5.41, 5.74) is 13.7. The van der Waals surface area contributed by atoms with Gasteiger partial charge in [0.2, 0.25) is 11.9 Å². The normalized spacial score (nSPS) is 21.1. The van der Waals surface area contributed by atoms with Gasteiger partial charge in [-0.1, -0.05) is 18.0 Å². The van der Waals surface area contributed by atoms with E-state index in [2.05, 4.69) is 9.98 Å². The lowest BCUT2D eigenvalue weighted by Gasteiger charge is -2.46. The van der Waals surface area contributed by atoms with Crippen molar-refractivity contribution in [1.29, 1.82) is 0 Å². The molecule has 3 rings (SSSR count). The SMILES string of the molecule is Cc1cc(Cl)ccc1N1C(N)=NC(N)=NC12CCCCC2. The van der Waals surface area contributed by atoms with Crippen molar-refractivity contribution < 1.29 is 0 Å².